The highest BCUT2D eigenvalue weighted by Crippen LogP contribution is 2.35. The van der Waals surface area contributed by atoms with Crippen LogP contribution in [0.4, 0.5) is 4.39 Å². The van der Waals surface area contributed by atoms with E-state index >= 15 is 0 Å². The fraction of sp³-hybridized carbons (Fsp3) is 0.0909. The Balaban J connectivity index is 1.70. The lowest BCUT2D eigenvalue weighted by molar-refractivity contribution is -0.129. The van der Waals surface area contributed by atoms with E-state index in [9.17, 15) is 14.0 Å². The van der Waals surface area contributed by atoms with Crippen molar-refractivity contribution >= 4 is 22.7 Å². The van der Waals surface area contributed by atoms with E-state index < -0.39 is 17.8 Å². The highest BCUT2D eigenvalue weighted by atomic mass is 19.1. The quantitative estimate of drug-likeness (QED) is 0.465. The molecule has 0 radical (unpaired) electrons. The van der Waals surface area contributed by atoms with Gasteiger partial charge in [0, 0.05) is 6.42 Å². The molecule has 0 spiro atoms. The zero-order valence-corrected chi connectivity index (χ0v) is 14.7. The summed E-state index contributed by atoms with van der Waals surface area (Å²) in [5, 5.41) is 1.13. The van der Waals surface area contributed by atoms with Crippen LogP contribution in [-0.4, -0.2) is 11.9 Å². The molecule has 140 valence electrons. The average Bonchev–Trinajstić information content (AvgIpc) is 3.23. The predicted molar refractivity (Wildman–Crippen MR) is 99.8 cm³/mol. The summed E-state index contributed by atoms with van der Waals surface area (Å²) in [7, 11) is 0. The van der Waals surface area contributed by atoms with Crippen molar-refractivity contribution < 1.29 is 27.9 Å². The molecular weight excluding hydrogens is 363 g/mol. The number of halogens is 1. The van der Waals surface area contributed by atoms with Crippen molar-refractivity contribution in [2.45, 2.75) is 12.8 Å². The van der Waals surface area contributed by atoms with Gasteiger partial charge in [-0.2, -0.15) is 0 Å². The largest absolute Gasteiger partial charge is 0.457 e. The molecule has 0 fully saturated rings. The van der Waals surface area contributed by atoms with Crippen molar-refractivity contribution in [2.24, 2.45) is 0 Å². The first-order chi connectivity index (χ1) is 13.6. The van der Waals surface area contributed by atoms with E-state index in [4.69, 9.17) is 13.9 Å². The van der Waals surface area contributed by atoms with Gasteiger partial charge in [0.25, 0.3) is 0 Å². The molecule has 0 saturated carbocycles. The smallest absolute Gasteiger partial charge is 0.379 e. The third kappa shape index (κ3) is 3.44. The minimum absolute atomic E-state index is 0.0473. The van der Waals surface area contributed by atoms with Gasteiger partial charge in [0.05, 0.1) is 17.2 Å². The van der Waals surface area contributed by atoms with Gasteiger partial charge in [-0.05, 0) is 42.1 Å². The van der Waals surface area contributed by atoms with Gasteiger partial charge in [-0.15, -0.1) is 0 Å². The van der Waals surface area contributed by atoms with Crippen LogP contribution in [0.25, 0.3) is 10.8 Å². The Bertz CT molecular complexity index is 1100. The molecule has 1 aliphatic carbocycles. The summed E-state index contributed by atoms with van der Waals surface area (Å²) in [5.74, 6) is -1.56. The van der Waals surface area contributed by atoms with Crippen molar-refractivity contribution in [1.82, 2.24) is 0 Å². The van der Waals surface area contributed by atoms with Crippen molar-refractivity contribution in [2.75, 3.05) is 0 Å². The normalized spacial score (nSPS) is 13.6. The van der Waals surface area contributed by atoms with Gasteiger partial charge < -0.3 is 13.9 Å². The molecule has 1 aliphatic rings. The molecule has 3 aromatic rings. The molecule has 0 atom stereocenters. The molecule has 0 aliphatic heterocycles. The van der Waals surface area contributed by atoms with Crippen molar-refractivity contribution in [3.63, 3.8) is 0 Å². The molecule has 0 unspecified atom stereocenters. The number of rotatable bonds is 4. The van der Waals surface area contributed by atoms with Crippen LogP contribution in [0.3, 0.4) is 0 Å². The molecule has 0 amide bonds. The Hall–Kier alpha value is -3.67. The Kier molecular flexibility index (Phi) is 4.76. The van der Waals surface area contributed by atoms with Gasteiger partial charge in [0.1, 0.15) is 17.3 Å². The summed E-state index contributed by atoms with van der Waals surface area (Å²) < 4.78 is 29.9. The lowest BCUT2D eigenvalue weighted by Crippen LogP contribution is -2.13. The summed E-state index contributed by atoms with van der Waals surface area (Å²) in [5.41, 5.74) is -0.103. The van der Waals surface area contributed by atoms with Crippen LogP contribution >= 0.6 is 0 Å². The number of hydrogen-bond acceptors (Lipinski definition) is 5. The Morgan fingerprint density at radius 2 is 1.64 bits per heavy atom. The van der Waals surface area contributed by atoms with E-state index in [2.05, 4.69) is 0 Å². The monoisotopic (exact) mass is 378 g/mol. The lowest BCUT2D eigenvalue weighted by atomic mass is 10.1. The van der Waals surface area contributed by atoms with Gasteiger partial charge in [-0.3, -0.25) is 0 Å². The number of furan rings is 1. The summed E-state index contributed by atoms with van der Waals surface area (Å²) in [4.78, 5) is 24.7. The number of fused-ring (bicyclic) bond motifs is 1. The van der Waals surface area contributed by atoms with Crippen LogP contribution < -0.4 is 9.47 Å². The second-order valence-electron chi connectivity index (χ2n) is 6.13. The standard InChI is InChI=1S/C22H15FO5/c23-16-9-2-1-8-15(16)21(24)27-17-10-3-6-14-7-4-11-18(20(14)17)28-22(25)19-12-5-13-26-19/h1,3-8,10-13H,2,9H2. The lowest BCUT2D eigenvalue weighted by Gasteiger charge is -2.13. The number of allylic oxidation sites excluding steroid dienone is 2. The number of hydrogen-bond donors (Lipinski definition) is 0. The minimum Gasteiger partial charge on any atom is -0.457 e. The van der Waals surface area contributed by atoms with Crippen molar-refractivity contribution in [3.8, 4) is 11.5 Å². The van der Waals surface area contributed by atoms with Gasteiger partial charge in [0.2, 0.25) is 5.76 Å². The van der Waals surface area contributed by atoms with Crippen molar-refractivity contribution in [1.29, 1.82) is 0 Å². The van der Waals surface area contributed by atoms with E-state index in [0.29, 0.717) is 17.2 Å². The minimum atomic E-state index is -0.798. The molecule has 2 aromatic carbocycles. The Labute approximate surface area is 159 Å². The van der Waals surface area contributed by atoms with E-state index in [1.807, 2.05) is 0 Å². The van der Waals surface area contributed by atoms with Crippen molar-refractivity contribution in [3.05, 3.63) is 84.1 Å². The number of ether oxygens (including phenoxy) is 2. The molecule has 6 heteroatoms. The van der Waals surface area contributed by atoms with Crippen LogP contribution in [0.5, 0.6) is 11.5 Å². The summed E-state index contributed by atoms with van der Waals surface area (Å²) in [6, 6.07) is 13.2. The first-order valence-corrected chi connectivity index (χ1v) is 8.68. The van der Waals surface area contributed by atoms with Gasteiger partial charge >= 0.3 is 11.9 Å². The fourth-order valence-electron chi connectivity index (χ4n) is 2.96. The zero-order valence-electron chi connectivity index (χ0n) is 14.7. The number of benzene rings is 2. The molecule has 1 heterocycles. The predicted octanol–water partition coefficient (Wildman–Crippen LogP) is 5.13. The molecule has 4 rings (SSSR count). The molecular formula is C22H15FO5. The fourth-order valence-corrected chi connectivity index (χ4v) is 2.96. The second kappa shape index (κ2) is 7.52. The highest BCUT2D eigenvalue weighted by Gasteiger charge is 2.21. The first-order valence-electron chi connectivity index (χ1n) is 8.68. The maximum atomic E-state index is 14.0. The third-order valence-electron chi connectivity index (χ3n) is 4.28. The number of carbonyl (C=O) groups is 2. The maximum absolute atomic E-state index is 14.0. The Morgan fingerprint density at radius 3 is 2.29 bits per heavy atom. The van der Waals surface area contributed by atoms with Crippen LogP contribution in [0.15, 0.2) is 82.8 Å². The van der Waals surface area contributed by atoms with E-state index in [-0.39, 0.29) is 29.3 Å². The molecule has 0 bridgehead atoms. The van der Waals surface area contributed by atoms with Crippen LogP contribution in [0, 0.1) is 0 Å². The molecule has 0 N–H and O–H groups in total. The third-order valence-corrected chi connectivity index (χ3v) is 4.28. The summed E-state index contributed by atoms with van der Waals surface area (Å²) in [6.45, 7) is 0. The summed E-state index contributed by atoms with van der Waals surface area (Å²) >= 11 is 0. The average molecular weight is 378 g/mol. The van der Waals surface area contributed by atoms with Crippen LogP contribution in [0.1, 0.15) is 23.4 Å². The van der Waals surface area contributed by atoms with E-state index in [1.165, 1.54) is 18.4 Å². The number of esters is 2. The van der Waals surface area contributed by atoms with Gasteiger partial charge in [-0.25, -0.2) is 14.0 Å². The first kappa shape index (κ1) is 17.7. The maximum Gasteiger partial charge on any atom is 0.379 e. The molecule has 0 saturated heterocycles. The number of carbonyl (C=O) groups excluding carboxylic acids is 2. The highest BCUT2D eigenvalue weighted by molar-refractivity contribution is 6.00. The van der Waals surface area contributed by atoms with Crippen LogP contribution in [-0.2, 0) is 4.79 Å². The van der Waals surface area contributed by atoms with Gasteiger partial charge in [-0.1, -0.05) is 30.3 Å². The van der Waals surface area contributed by atoms with Gasteiger partial charge in [0.15, 0.2) is 0 Å². The topological polar surface area (TPSA) is 65.7 Å². The molecule has 5 nitrogen and oxygen atoms in total. The second-order valence-corrected chi connectivity index (χ2v) is 6.13. The zero-order chi connectivity index (χ0) is 19.5. The van der Waals surface area contributed by atoms with E-state index in [0.717, 1.165) is 0 Å². The summed E-state index contributed by atoms with van der Waals surface area (Å²) in [6.07, 6.45) is 5.22. The molecule has 28 heavy (non-hydrogen) atoms. The van der Waals surface area contributed by atoms with Crippen LogP contribution in [0.2, 0.25) is 0 Å². The molecule has 1 aromatic heterocycles. The SMILES string of the molecule is O=C(Oc1cccc2cccc(OC(=O)c3ccco3)c12)C1=C(F)CCC=C1. The van der Waals surface area contributed by atoms with E-state index in [1.54, 1.807) is 48.5 Å². The Morgan fingerprint density at radius 1 is 0.929 bits per heavy atom.